The fourth-order valence-corrected chi connectivity index (χ4v) is 2.01. The van der Waals surface area contributed by atoms with Crippen molar-refractivity contribution in [3.05, 3.63) is 28.2 Å². The van der Waals surface area contributed by atoms with Crippen molar-refractivity contribution in [2.45, 2.75) is 6.42 Å². The van der Waals surface area contributed by atoms with Gasteiger partial charge in [0, 0.05) is 17.5 Å². The zero-order chi connectivity index (χ0) is 11.3. The number of ether oxygens (including phenoxy) is 1. The first-order valence-corrected chi connectivity index (χ1v) is 5.69. The number of thiocarbonyl (C=S) groups is 1. The van der Waals surface area contributed by atoms with E-state index in [0.717, 1.165) is 4.47 Å². The SMILES string of the molecule is NC(=S)c1c(Br)cccc1OCCCO. The fourth-order valence-electron chi connectivity index (χ4n) is 1.11. The van der Waals surface area contributed by atoms with Gasteiger partial charge in [0.25, 0.3) is 0 Å². The molecule has 0 fully saturated rings. The number of halogens is 1. The maximum absolute atomic E-state index is 8.64. The van der Waals surface area contributed by atoms with Crippen LogP contribution in [0.15, 0.2) is 22.7 Å². The maximum atomic E-state index is 8.64. The molecule has 0 aliphatic rings. The molecule has 0 atom stereocenters. The molecule has 1 aromatic carbocycles. The van der Waals surface area contributed by atoms with Crippen LogP contribution < -0.4 is 10.5 Å². The number of benzene rings is 1. The second-order valence-corrected chi connectivity index (χ2v) is 4.20. The highest BCUT2D eigenvalue weighted by Gasteiger charge is 2.09. The Hall–Kier alpha value is -0.650. The van der Waals surface area contributed by atoms with Crippen LogP contribution in [0.4, 0.5) is 0 Å². The van der Waals surface area contributed by atoms with E-state index in [4.69, 9.17) is 27.8 Å². The molecule has 3 N–H and O–H groups in total. The highest BCUT2D eigenvalue weighted by atomic mass is 79.9. The number of hydrogen-bond acceptors (Lipinski definition) is 3. The van der Waals surface area contributed by atoms with Crippen molar-refractivity contribution >= 4 is 33.1 Å². The predicted molar refractivity (Wildman–Crippen MR) is 67.2 cm³/mol. The van der Waals surface area contributed by atoms with Gasteiger partial charge in [0.15, 0.2) is 0 Å². The third-order valence-corrected chi connectivity index (χ3v) is 2.65. The lowest BCUT2D eigenvalue weighted by Gasteiger charge is -2.11. The van der Waals surface area contributed by atoms with Gasteiger partial charge in [-0.3, -0.25) is 0 Å². The Labute approximate surface area is 102 Å². The summed E-state index contributed by atoms with van der Waals surface area (Å²) < 4.78 is 6.28. The van der Waals surface area contributed by atoms with Gasteiger partial charge in [-0.05, 0) is 28.1 Å². The second kappa shape index (κ2) is 6.05. The molecule has 0 spiro atoms. The molecule has 1 aromatic rings. The Bertz CT molecular complexity index is 357. The van der Waals surface area contributed by atoms with Gasteiger partial charge in [-0.25, -0.2) is 0 Å². The molecule has 0 aliphatic carbocycles. The molecular formula is C10H12BrNO2S. The molecule has 15 heavy (non-hydrogen) atoms. The Kier molecular flexibility index (Phi) is 5.01. The summed E-state index contributed by atoms with van der Waals surface area (Å²) in [6, 6.07) is 5.50. The average Bonchev–Trinajstić information content (AvgIpc) is 2.17. The molecule has 0 aromatic heterocycles. The lowest BCUT2D eigenvalue weighted by Crippen LogP contribution is -2.13. The molecule has 3 nitrogen and oxygen atoms in total. The number of aliphatic hydroxyl groups is 1. The normalized spacial score (nSPS) is 10.0. The van der Waals surface area contributed by atoms with Crippen LogP contribution in [0, 0.1) is 0 Å². The highest BCUT2D eigenvalue weighted by molar-refractivity contribution is 9.10. The van der Waals surface area contributed by atoms with Crippen molar-refractivity contribution in [2.75, 3.05) is 13.2 Å². The first-order valence-electron chi connectivity index (χ1n) is 4.48. The second-order valence-electron chi connectivity index (χ2n) is 2.90. The molecule has 0 saturated heterocycles. The van der Waals surface area contributed by atoms with Gasteiger partial charge < -0.3 is 15.6 Å². The van der Waals surface area contributed by atoms with E-state index in [1.54, 1.807) is 6.07 Å². The quantitative estimate of drug-likeness (QED) is 0.642. The van der Waals surface area contributed by atoms with Crippen LogP contribution in [0.25, 0.3) is 0 Å². The molecule has 0 saturated carbocycles. The summed E-state index contributed by atoms with van der Waals surface area (Å²) in [5.41, 5.74) is 6.29. The summed E-state index contributed by atoms with van der Waals surface area (Å²) in [7, 11) is 0. The van der Waals surface area contributed by atoms with Gasteiger partial charge in [-0.2, -0.15) is 0 Å². The molecule has 0 heterocycles. The Morgan fingerprint density at radius 2 is 2.27 bits per heavy atom. The standard InChI is InChI=1S/C10H12BrNO2S/c11-7-3-1-4-8(9(7)10(12)15)14-6-2-5-13/h1,3-4,13H,2,5-6H2,(H2,12,15). The smallest absolute Gasteiger partial charge is 0.130 e. The van der Waals surface area contributed by atoms with E-state index in [0.29, 0.717) is 29.3 Å². The van der Waals surface area contributed by atoms with Crippen molar-refractivity contribution in [3.63, 3.8) is 0 Å². The molecule has 0 aliphatic heterocycles. The van der Waals surface area contributed by atoms with Crippen LogP contribution in [0.1, 0.15) is 12.0 Å². The predicted octanol–water partition coefficient (Wildman–Crippen LogP) is 1.84. The van der Waals surface area contributed by atoms with Crippen LogP contribution in [0.3, 0.4) is 0 Å². The number of nitrogens with two attached hydrogens (primary N) is 1. The number of aliphatic hydroxyl groups excluding tert-OH is 1. The van der Waals surface area contributed by atoms with E-state index >= 15 is 0 Å². The van der Waals surface area contributed by atoms with Gasteiger partial charge in [0.1, 0.15) is 10.7 Å². The minimum absolute atomic E-state index is 0.108. The minimum atomic E-state index is 0.108. The van der Waals surface area contributed by atoms with Crippen molar-refractivity contribution in [1.82, 2.24) is 0 Å². The van der Waals surface area contributed by atoms with Crippen LogP contribution >= 0.6 is 28.1 Å². The Balaban J connectivity index is 2.86. The van der Waals surface area contributed by atoms with Gasteiger partial charge in [0.05, 0.1) is 12.2 Å². The lowest BCUT2D eigenvalue weighted by atomic mass is 10.2. The maximum Gasteiger partial charge on any atom is 0.130 e. The van der Waals surface area contributed by atoms with E-state index in [1.165, 1.54) is 0 Å². The first kappa shape index (κ1) is 12.4. The monoisotopic (exact) mass is 289 g/mol. The molecule has 0 bridgehead atoms. The fraction of sp³-hybridized carbons (Fsp3) is 0.300. The first-order chi connectivity index (χ1) is 7.16. The number of hydrogen-bond donors (Lipinski definition) is 2. The summed E-state index contributed by atoms with van der Waals surface area (Å²) >= 11 is 8.29. The third-order valence-electron chi connectivity index (χ3n) is 1.78. The number of rotatable bonds is 5. The molecule has 82 valence electrons. The zero-order valence-electron chi connectivity index (χ0n) is 8.07. The van der Waals surface area contributed by atoms with Crippen molar-refractivity contribution in [3.8, 4) is 5.75 Å². The molecule has 1 rings (SSSR count). The topological polar surface area (TPSA) is 55.5 Å². The summed E-state index contributed by atoms with van der Waals surface area (Å²) in [5, 5.41) is 8.64. The summed E-state index contributed by atoms with van der Waals surface area (Å²) in [4.78, 5) is 0.293. The average molecular weight is 290 g/mol. The molecule has 0 radical (unpaired) electrons. The summed E-state index contributed by atoms with van der Waals surface area (Å²) in [5.74, 6) is 0.644. The summed E-state index contributed by atoms with van der Waals surface area (Å²) in [6.45, 7) is 0.555. The lowest BCUT2D eigenvalue weighted by molar-refractivity contribution is 0.233. The molecular weight excluding hydrogens is 278 g/mol. The highest BCUT2D eigenvalue weighted by Crippen LogP contribution is 2.26. The minimum Gasteiger partial charge on any atom is -0.493 e. The van der Waals surface area contributed by atoms with E-state index < -0.39 is 0 Å². The van der Waals surface area contributed by atoms with Crippen LogP contribution in [0.5, 0.6) is 5.75 Å². The van der Waals surface area contributed by atoms with E-state index in [2.05, 4.69) is 15.9 Å². The molecule has 5 heteroatoms. The third kappa shape index (κ3) is 3.44. The zero-order valence-corrected chi connectivity index (χ0v) is 10.5. The van der Waals surface area contributed by atoms with E-state index in [1.807, 2.05) is 12.1 Å². The van der Waals surface area contributed by atoms with E-state index in [-0.39, 0.29) is 6.61 Å². The van der Waals surface area contributed by atoms with Crippen LogP contribution in [-0.4, -0.2) is 23.3 Å². The summed E-state index contributed by atoms with van der Waals surface area (Å²) in [6.07, 6.45) is 0.587. The van der Waals surface area contributed by atoms with Crippen molar-refractivity contribution in [1.29, 1.82) is 0 Å². The van der Waals surface area contributed by atoms with Crippen molar-refractivity contribution in [2.24, 2.45) is 5.73 Å². The van der Waals surface area contributed by atoms with Crippen molar-refractivity contribution < 1.29 is 9.84 Å². The van der Waals surface area contributed by atoms with E-state index in [9.17, 15) is 0 Å². The van der Waals surface area contributed by atoms with Gasteiger partial charge in [-0.15, -0.1) is 0 Å². The van der Waals surface area contributed by atoms with Crippen LogP contribution in [0.2, 0.25) is 0 Å². The largest absolute Gasteiger partial charge is 0.493 e. The van der Waals surface area contributed by atoms with Gasteiger partial charge in [0.2, 0.25) is 0 Å². The molecule has 0 unspecified atom stereocenters. The Morgan fingerprint density at radius 1 is 1.53 bits per heavy atom. The van der Waals surface area contributed by atoms with Gasteiger partial charge >= 0.3 is 0 Å². The van der Waals surface area contributed by atoms with Gasteiger partial charge in [-0.1, -0.05) is 18.3 Å². The van der Waals surface area contributed by atoms with Crippen LogP contribution in [-0.2, 0) is 0 Å². The Morgan fingerprint density at radius 3 is 2.87 bits per heavy atom. The molecule has 0 amide bonds.